The molecule has 0 saturated heterocycles. The molecule has 0 fully saturated rings. The number of carbonyl (C=O) groups excluding carboxylic acids is 1. The van der Waals surface area contributed by atoms with E-state index < -0.39 is 23.6 Å². The van der Waals surface area contributed by atoms with Crippen molar-refractivity contribution in [3.63, 3.8) is 0 Å². The van der Waals surface area contributed by atoms with Crippen molar-refractivity contribution >= 4 is 23.2 Å². The Bertz CT molecular complexity index is 527. The second kappa shape index (κ2) is 4.80. The van der Waals surface area contributed by atoms with Crippen molar-refractivity contribution < 1.29 is 27.9 Å². The summed E-state index contributed by atoms with van der Waals surface area (Å²) in [6, 6.07) is 0. The van der Waals surface area contributed by atoms with E-state index in [1.165, 1.54) is 12.2 Å². The van der Waals surface area contributed by atoms with Crippen molar-refractivity contribution in [1.29, 1.82) is 0 Å². The molecule has 1 amide bonds. The molecule has 5 nitrogen and oxygen atoms in total. The van der Waals surface area contributed by atoms with E-state index in [-0.39, 0.29) is 10.6 Å². The van der Waals surface area contributed by atoms with Gasteiger partial charge in [-0.2, -0.15) is 13.2 Å². The van der Waals surface area contributed by atoms with Crippen LogP contribution in [0.1, 0.15) is 27.3 Å². The minimum absolute atomic E-state index is 0.0331. The predicted octanol–water partition coefficient (Wildman–Crippen LogP) is 1.90. The van der Waals surface area contributed by atoms with Crippen molar-refractivity contribution in [2.45, 2.75) is 32.5 Å². The Labute approximate surface area is 110 Å². The fourth-order valence-electron chi connectivity index (χ4n) is 1.27. The summed E-state index contributed by atoms with van der Waals surface area (Å²) >= 11 is 0.902. The van der Waals surface area contributed by atoms with Crippen LogP contribution in [0.4, 0.5) is 13.2 Å². The number of rotatable bonds is 3. The average Bonchev–Trinajstić information content (AvgIpc) is 2.55. The molecule has 0 aliphatic heterocycles. The number of aryl methyl sites for hydroxylation is 2. The Kier molecular flexibility index (Phi) is 3.89. The number of halogens is 3. The number of carbonyl (C=O) groups is 2. The summed E-state index contributed by atoms with van der Waals surface area (Å²) in [6.45, 7) is 3.45. The SMILES string of the molecule is Cc1nc(C)c(C(=O)NC(C)(C(=O)O)C(F)(F)F)s1. The molecule has 1 atom stereocenters. The predicted molar refractivity (Wildman–Crippen MR) is 61.2 cm³/mol. The number of alkyl halides is 3. The Balaban J connectivity index is 3.09. The van der Waals surface area contributed by atoms with Gasteiger partial charge in [0.05, 0.1) is 10.7 Å². The minimum atomic E-state index is -5.11. The maximum atomic E-state index is 12.7. The van der Waals surface area contributed by atoms with Gasteiger partial charge in [0.2, 0.25) is 5.54 Å². The topological polar surface area (TPSA) is 79.3 Å². The first-order chi connectivity index (χ1) is 8.49. The summed E-state index contributed by atoms with van der Waals surface area (Å²) < 4.78 is 38.2. The molecule has 1 aromatic rings. The van der Waals surface area contributed by atoms with Crippen LogP contribution in [-0.4, -0.2) is 33.7 Å². The highest BCUT2D eigenvalue weighted by Gasteiger charge is 2.58. The standard InChI is InChI=1S/C10H11F3N2O3S/c1-4-6(19-5(2)14-4)7(16)15-9(3,8(17)18)10(11,12)13/h1-3H3,(H,15,16)(H,17,18). The number of nitrogens with one attached hydrogen (secondary N) is 1. The second-order valence-electron chi connectivity index (χ2n) is 4.03. The number of nitrogens with zero attached hydrogens (tertiary/aromatic N) is 1. The van der Waals surface area contributed by atoms with Crippen molar-refractivity contribution in [2.75, 3.05) is 0 Å². The van der Waals surface area contributed by atoms with Crippen LogP contribution in [0.5, 0.6) is 0 Å². The van der Waals surface area contributed by atoms with Crippen LogP contribution in [-0.2, 0) is 4.79 Å². The molecule has 0 aliphatic carbocycles. The highest BCUT2D eigenvalue weighted by molar-refractivity contribution is 7.13. The van der Waals surface area contributed by atoms with E-state index in [9.17, 15) is 22.8 Å². The Morgan fingerprint density at radius 2 is 1.84 bits per heavy atom. The lowest BCUT2D eigenvalue weighted by molar-refractivity contribution is -0.203. The normalized spacial score (nSPS) is 14.8. The van der Waals surface area contributed by atoms with Gasteiger partial charge >= 0.3 is 12.1 Å². The molecule has 0 radical (unpaired) electrons. The van der Waals surface area contributed by atoms with E-state index in [0.29, 0.717) is 11.9 Å². The quantitative estimate of drug-likeness (QED) is 0.892. The number of carboxylic acid groups (broad SMARTS) is 1. The van der Waals surface area contributed by atoms with E-state index >= 15 is 0 Å². The van der Waals surface area contributed by atoms with Gasteiger partial charge in [0.1, 0.15) is 4.88 Å². The Hall–Kier alpha value is -1.64. The lowest BCUT2D eigenvalue weighted by Crippen LogP contribution is -2.61. The van der Waals surface area contributed by atoms with Crippen molar-refractivity contribution in [3.05, 3.63) is 15.6 Å². The summed E-state index contributed by atoms with van der Waals surface area (Å²) in [6.07, 6.45) is -5.11. The van der Waals surface area contributed by atoms with E-state index in [2.05, 4.69) is 4.98 Å². The molecule has 0 bridgehead atoms. The minimum Gasteiger partial charge on any atom is -0.479 e. The van der Waals surface area contributed by atoms with Gasteiger partial charge in [0.15, 0.2) is 0 Å². The van der Waals surface area contributed by atoms with Gasteiger partial charge in [0.25, 0.3) is 5.91 Å². The van der Waals surface area contributed by atoms with Crippen LogP contribution in [0.25, 0.3) is 0 Å². The zero-order valence-corrected chi connectivity index (χ0v) is 11.1. The van der Waals surface area contributed by atoms with E-state index in [0.717, 1.165) is 11.3 Å². The molecule has 19 heavy (non-hydrogen) atoms. The fourth-order valence-corrected chi connectivity index (χ4v) is 2.09. The van der Waals surface area contributed by atoms with E-state index in [4.69, 9.17) is 5.11 Å². The largest absolute Gasteiger partial charge is 0.479 e. The van der Waals surface area contributed by atoms with Gasteiger partial charge in [-0.3, -0.25) is 4.79 Å². The van der Waals surface area contributed by atoms with Gasteiger partial charge in [0, 0.05) is 0 Å². The molecule has 0 aromatic carbocycles. The molecule has 1 rings (SSSR count). The first-order valence-corrected chi connectivity index (χ1v) is 5.87. The van der Waals surface area contributed by atoms with E-state index in [1.807, 2.05) is 0 Å². The third-order valence-corrected chi connectivity index (χ3v) is 3.54. The molecule has 0 spiro atoms. The van der Waals surface area contributed by atoms with Crippen LogP contribution in [0.15, 0.2) is 0 Å². The third-order valence-electron chi connectivity index (χ3n) is 2.47. The summed E-state index contributed by atoms with van der Waals surface area (Å²) in [5, 5.41) is 10.7. The maximum absolute atomic E-state index is 12.7. The lowest BCUT2D eigenvalue weighted by atomic mass is 10.0. The van der Waals surface area contributed by atoms with Crippen LogP contribution in [0.2, 0.25) is 0 Å². The molecule has 1 heterocycles. The molecule has 9 heteroatoms. The van der Waals surface area contributed by atoms with Crippen LogP contribution >= 0.6 is 11.3 Å². The maximum Gasteiger partial charge on any atom is 0.422 e. The van der Waals surface area contributed by atoms with Gasteiger partial charge in [-0.05, 0) is 20.8 Å². The summed E-state index contributed by atoms with van der Waals surface area (Å²) in [5.74, 6) is -3.28. The first-order valence-electron chi connectivity index (χ1n) is 5.05. The number of carboxylic acids is 1. The van der Waals surface area contributed by atoms with Crippen LogP contribution in [0, 0.1) is 13.8 Å². The van der Waals surface area contributed by atoms with Gasteiger partial charge < -0.3 is 10.4 Å². The lowest BCUT2D eigenvalue weighted by Gasteiger charge is -2.28. The number of hydrogen-bond donors (Lipinski definition) is 2. The third kappa shape index (κ3) is 2.86. The number of aromatic nitrogens is 1. The number of thiazole rings is 1. The molecule has 0 saturated carbocycles. The monoisotopic (exact) mass is 296 g/mol. The number of amides is 1. The molecule has 2 N–H and O–H groups in total. The van der Waals surface area contributed by atoms with Gasteiger partial charge in [-0.1, -0.05) is 0 Å². The molecule has 106 valence electrons. The summed E-state index contributed by atoms with van der Waals surface area (Å²) in [7, 11) is 0. The van der Waals surface area contributed by atoms with Crippen LogP contribution in [0.3, 0.4) is 0 Å². The van der Waals surface area contributed by atoms with Crippen molar-refractivity contribution in [2.24, 2.45) is 0 Å². The van der Waals surface area contributed by atoms with E-state index in [1.54, 1.807) is 6.92 Å². The highest BCUT2D eigenvalue weighted by atomic mass is 32.1. The average molecular weight is 296 g/mol. The molecule has 1 aromatic heterocycles. The summed E-state index contributed by atoms with van der Waals surface area (Å²) in [5.41, 5.74) is -3.08. The summed E-state index contributed by atoms with van der Waals surface area (Å²) in [4.78, 5) is 26.4. The van der Waals surface area contributed by atoms with Crippen molar-refractivity contribution in [3.8, 4) is 0 Å². The highest BCUT2D eigenvalue weighted by Crippen LogP contribution is 2.31. The zero-order chi connectivity index (χ0) is 15.0. The number of aliphatic carboxylic acids is 1. The first kappa shape index (κ1) is 15.4. The van der Waals surface area contributed by atoms with Gasteiger partial charge in [-0.25, -0.2) is 9.78 Å². The molecule has 1 unspecified atom stereocenters. The Morgan fingerprint density at radius 3 is 2.16 bits per heavy atom. The fraction of sp³-hybridized carbons (Fsp3) is 0.500. The van der Waals surface area contributed by atoms with Gasteiger partial charge in [-0.15, -0.1) is 11.3 Å². The van der Waals surface area contributed by atoms with Crippen molar-refractivity contribution in [1.82, 2.24) is 10.3 Å². The second-order valence-corrected chi connectivity index (χ2v) is 5.23. The Morgan fingerprint density at radius 1 is 1.32 bits per heavy atom. The molecule has 0 aliphatic rings. The zero-order valence-electron chi connectivity index (χ0n) is 10.3. The molecular formula is C10H11F3N2O3S. The smallest absolute Gasteiger partial charge is 0.422 e. The number of hydrogen-bond acceptors (Lipinski definition) is 4. The molecular weight excluding hydrogens is 285 g/mol. The van der Waals surface area contributed by atoms with Crippen LogP contribution < -0.4 is 5.32 Å².